The Hall–Kier alpha value is -1.32. The highest BCUT2D eigenvalue weighted by atomic mass is 32.1. The molecular weight excluding hydrogens is 366 g/mol. The summed E-state index contributed by atoms with van der Waals surface area (Å²) in [5.74, 6) is 0.630. The van der Waals surface area contributed by atoms with Gasteiger partial charge in [0, 0.05) is 31.7 Å². The number of ether oxygens (including phenoxy) is 2. The Morgan fingerprint density at radius 1 is 1.37 bits per heavy atom. The number of aliphatic hydroxyl groups excluding tert-OH is 1. The van der Waals surface area contributed by atoms with Gasteiger partial charge in [-0.25, -0.2) is 4.98 Å². The predicted molar refractivity (Wildman–Crippen MR) is 107 cm³/mol. The molecule has 0 spiro atoms. The number of aromatic nitrogens is 2. The number of aliphatic hydroxyl groups is 1. The molecule has 1 atom stereocenters. The molecule has 27 heavy (non-hydrogen) atoms. The van der Waals surface area contributed by atoms with E-state index < -0.39 is 6.10 Å². The van der Waals surface area contributed by atoms with Crippen LogP contribution < -0.4 is 5.56 Å². The average Bonchev–Trinajstić information content (AvgIpc) is 3.03. The average molecular weight is 396 g/mol. The van der Waals surface area contributed by atoms with Gasteiger partial charge in [-0.05, 0) is 38.2 Å². The van der Waals surface area contributed by atoms with Crippen LogP contribution in [0, 0.1) is 0 Å². The van der Waals surface area contributed by atoms with Crippen molar-refractivity contribution in [1.29, 1.82) is 0 Å². The van der Waals surface area contributed by atoms with Gasteiger partial charge in [-0.2, -0.15) is 0 Å². The van der Waals surface area contributed by atoms with Gasteiger partial charge in [-0.15, -0.1) is 11.3 Å². The number of methoxy groups -OCH3 is 1. The lowest BCUT2D eigenvalue weighted by molar-refractivity contribution is 0.0144. The molecule has 0 unspecified atom stereocenters. The Balaban J connectivity index is 1.78. The molecule has 0 saturated carbocycles. The van der Waals surface area contributed by atoms with Crippen molar-refractivity contribution in [2.45, 2.75) is 45.3 Å². The summed E-state index contributed by atoms with van der Waals surface area (Å²) in [4.78, 5) is 24.6. The lowest BCUT2D eigenvalue weighted by Crippen LogP contribution is -2.37. The second-order valence-electron chi connectivity index (χ2n) is 6.94. The molecule has 1 aliphatic rings. The fourth-order valence-electron chi connectivity index (χ4n) is 3.56. The van der Waals surface area contributed by atoms with Gasteiger partial charge in [-0.1, -0.05) is 0 Å². The van der Waals surface area contributed by atoms with Crippen molar-refractivity contribution < 1.29 is 14.6 Å². The van der Waals surface area contributed by atoms with E-state index in [1.165, 1.54) is 16.9 Å². The molecule has 2 heterocycles. The minimum Gasteiger partial charge on any atom is -0.389 e. The Kier molecular flexibility index (Phi) is 7.37. The van der Waals surface area contributed by atoms with Gasteiger partial charge < -0.3 is 19.6 Å². The molecule has 2 aromatic heterocycles. The molecule has 0 amide bonds. The smallest absolute Gasteiger partial charge is 0.259 e. The maximum atomic E-state index is 12.7. The molecular formula is C19H29N3O4S. The fourth-order valence-corrected chi connectivity index (χ4v) is 4.84. The first-order valence-corrected chi connectivity index (χ1v) is 10.4. The summed E-state index contributed by atoms with van der Waals surface area (Å²) in [5, 5.41) is 10.9. The summed E-state index contributed by atoms with van der Waals surface area (Å²) in [7, 11) is 1.65. The van der Waals surface area contributed by atoms with Crippen LogP contribution in [0.2, 0.25) is 0 Å². The zero-order valence-corrected chi connectivity index (χ0v) is 16.9. The monoisotopic (exact) mass is 395 g/mol. The third-order valence-corrected chi connectivity index (χ3v) is 6.03. The Labute approximate surface area is 163 Å². The topological polar surface area (TPSA) is 87.7 Å². The van der Waals surface area contributed by atoms with E-state index in [2.05, 4.69) is 4.98 Å². The van der Waals surface area contributed by atoms with Crippen LogP contribution in [0.1, 0.15) is 36.0 Å². The number of nitrogens with zero attached hydrogens (tertiary/aromatic N) is 2. The number of rotatable bonds is 10. The zero-order valence-electron chi connectivity index (χ0n) is 16.1. The number of aromatic amines is 1. The first-order valence-electron chi connectivity index (χ1n) is 9.63. The van der Waals surface area contributed by atoms with Crippen LogP contribution in [-0.4, -0.2) is 66.1 Å². The van der Waals surface area contributed by atoms with Crippen LogP contribution >= 0.6 is 11.3 Å². The number of thiophene rings is 1. The van der Waals surface area contributed by atoms with Crippen LogP contribution in [0.25, 0.3) is 10.2 Å². The van der Waals surface area contributed by atoms with Crippen LogP contribution in [0.4, 0.5) is 0 Å². The maximum Gasteiger partial charge on any atom is 0.259 e. The summed E-state index contributed by atoms with van der Waals surface area (Å²) in [6.07, 6.45) is 3.76. The number of aryl methyl sites for hydroxylation is 2. The Morgan fingerprint density at radius 2 is 2.19 bits per heavy atom. The van der Waals surface area contributed by atoms with Crippen molar-refractivity contribution in [2.75, 3.05) is 40.0 Å². The number of nitrogens with one attached hydrogen (secondary N) is 1. The zero-order chi connectivity index (χ0) is 19.2. The maximum absolute atomic E-state index is 12.7. The summed E-state index contributed by atoms with van der Waals surface area (Å²) in [6.45, 7) is 4.85. The third-order valence-electron chi connectivity index (χ3n) is 4.84. The molecule has 7 nitrogen and oxygen atoms in total. The minimum atomic E-state index is -0.591. The number of hydrogen-bond donors (Lipinski definition) is 2. The van der Waals surface area contributed by atoms with Crippen molar-refractivity contribution >= 4 is 21.6 Å². The van der Waals surface area contributed by atoms with Crippen LogP contribution in [0.15, 0.2) is 4.79 Å². The fraction of sp³-hybridized carbons (Fsp3) is 0.684. The van der Waals surface area contributed by atoms with Gasteiger partial charge in [0.05, 0.1) is 31.2 Å². The molecule has 3 rings (SSSR count). The molecule has 0 bridgehead atoms. The summed E-state index contributed by atoms with van der Waals surface area (Å²) in [5.41, 5.74) is 1.15. The van der Waals surface area contributed by atoms with E-state index in [0.717, 1.165) is 29.5 Å². The standard InChI is InChI=1S/C19H29N3O4S/c1-3-26-12-13(23)10-22(8-9-25-2)11-16-20-18(24)17-14-6-4-5-7-15(14)27-19(17)21-16/h13,23H,3-12H2,1-2H3,(H,20,21,24)/t13-/m1/s1. The first-order chi connectivity index (χ1) is 13.1. The van der Waals surface area contributed by atoms with Crippen molar-refractivity contribution in [3.05, 3.63) is 26.6 Å². The van der Waals surface area contributed by atoms with Gasteiger partial charge in [0.25, 0.3) is 5.56 Å². The van der Waals surface area contributed by atoms with E-state index >= 15 is 0 Å². The molecule has 1 aliphatic carbocycles. The molecule has 2 aromatic rings. The van der Waals surface area contributed by atoms with Crippen LogP contribution in [0.5, 0.6) is 0 Å². The lowest BCUT2D eigenvalue weighted by Gasteiger charge is -2.24. The SMILES string of the molecule is CCOC[C@H](O)CN(CCOC)Cc1nc2sc3c(c2c(=O)[nH]1)CCCC3. The predicted octanol–water partition coefficient (Wildman–Crippen LogP) is 1.71. The molecule has 2 N–H and O–H groups in total. The van der Waals surface area contributed by atoms with Crippen LogP contribution in [0.3, 0.4) is 0 Å². The van der Waals surface area contributed by atoms with E-state index in [9.17, 15) is 9.90 Å². The van der Waals surface area contributed by atoms with E-state index in [4.69, 9.17) is 14.5 Å². The summed E-state index contributed by atoms with van der Waals surface area (Å²) in [6, 6.07) is 0. The van der Waals surface area contributed by atoms with Crippen molar-refractivity contribution in [2.24, 2.45) is 0 Å². The highest BCUT2D eigenvalue weighted by molar-refractivity contribution is 7.18. The van der Waals surface area contributed by atoms with Crippen molar-refractivity contribution in [3.63, 3.8) is 0 Å². The van der Waals surface area contributed by atoms with Crippen molar-refractivity contribution in [1.82, 2.24) is 14.9 Å². The minimum absolute atomic E-state index is 0.0454. The van der Waals surface area contributed by atoms with E-state index in [1.54, 1.807) is 18.4 Å². The largest absolute Gasteiger partial charge is 0.389 e. The van der Waals surface area contributed by atoms with Gasteiger partial charge >= 0.3 is 0 Å². The molecule has 0 aromatic carbocycles. The highest BCUT2D eigenvalue weighted by Gasteiger charge is 2.20. The Morgan fingerprint density at radius 3 is 2.96 bits per heavy atom. The highest BCUT2D eigenvalue weighted by Crippen LogP contribution is 2.33. The van der Waals surface area contributed by atoms with Gasteiger partial charge in [0.15, 0.2) is 0 Å². The molecule has 0 aliphatic heterocycles. The number of fused-ring (bicyclic) bond motifs is 3. The van der Waals surface area contributed by atoms with E-state index in [1.807, 2.05) is 11.8 Å². The molecule has 150 valence electrons. The molecule has 0 saturated heterocycles. The number of hydrogen-bond acceptors (Lipinski definition) is 7. The van der Waals surface area contributed by atoms with Gasteiger partial charge in [-0.3, -0.25) is 9.69 Å². The summed E-state index contributed by atoms with van der Waals surface area (Å²) < 4.78 is 10.5. The van der Waals surface area contributed by atoms with Gasteiger partial charge in [0.1, 0.15) is 10.7 Å². The second kappa shape index (κ2) is 9.75. The first kappa shape index (κ1) is 20.4. The third kappa shape index (κ3) is 5.14. The van der Waals surface area contributed by atoms with E-state index in [-0.39, 0.29) is 5.56 Å². The number of H-pyrrole nitrogens is 1. The molecule has 0 fully saturated rings. The quantitative estimate of drug-likeness (QED) is 0.637. The molecule has 0 radical (unpaired) electrons. The van der Waals surface area contributed by atoms with E-state index in [0.29, 0.717) is 45.3 Å². The second-order valence-corrected chi connectivity index (χ2v) is 8.03. The molecule has 8 heteroatoms. The van der Waals surface area contributed by atoms with Gasteiger partial charge in [0.2, 0.25) is 0 Å². The normalized spacial score (nSPS) is 15.4. The lowest BCUT2D eigenvalue weighted by atomic mass is 9.97. The summed E-state index contributed by atoms with van der Waals surface area (Å²) >= 11 is 1.65. The van der Waals surface area contributed by atoms with Crippen molar-refractivity contribution in [3.8, 4) is 0 Å². The van der Waals surface area contributed by atoms with Crippen LogP contribution in [-0.2, 0) is 28.9 Å². The Bertz CT molecular complexity index is 804.